The van der Waals surface area contributed by atoms with Gasteiger partial charge in [0.2, 0.25) is 11.8 Å². The van der Waals surface area contributed by atoms with Gasteiger partial charge in [-0.3, -0.25) is 14.0 Å². The molecule has 0 fully saturated rings. The van der Waals surface area contributed by atoms with Crippen LogP contribution < -0.4 is 0 Å². The number of aromatic nitrogens is 14. The summed E-state index contributed by atoms with van der Waals surface area (Å²) in [4.78, 5) is 14.0. The van der Waals surface area contributed by atoms with E-state index in [9.17, 15) is 4.39 Å². The highest BCUT2D eigenvalue weighted by Gasteiger charge is 2.12. The molecular formula is C63H97FN14O3. The fraction of sp³-hybridized carbons (Fsp3) is 0.524. The Morgan fingerprint density at radius 3 is 1.56 bits per heavy atom. The molecule has 0 atom stereocenters. The van der Waals surface area contributed by atoms with Crippen LogP contribution in [-0.2, 0) is 32.6 Å². The molecule has 7 aromatic heterocycles. The molecule has 7 heterocycles. The predicted molar refractivity (Wildman–Crippen MR) is 323 cm³/mol. The van der Waals surface area contributed by atoms with Crippen molar-refractivity contribution in [1.29, 1.82) is 0 Å². The quantitative estimate of drug-likeness (QED) is 0.106. The summed E-state index contributed by atoms with van der Waals surface area (Å²) in [7, 11) is 0. The van der Waals surface area contributed by atoms with E-state index in [-0.39, 0.29) is 5.82 Å². The molecule has 17 nitrogen and oxygen atoms in total. The van der Waals surface area contributed by atoms with Gasteiger partial charge in [0.25, 0.3) is 0 Å². The third kappa shape index (κ3) is 28.1. The topological polar surface area (TPSA) is 188 Å². The lowest BCUT2D eigenvalue weighted by Gasteiger charge is -2.02. The van der Waals surface area contributed by atoms with Crippen LogP contribution in [0, 0.1) is 40.4 Å². The van der Waals surface area contributed by atoms with Gasteiger partial charge < -0.3 is 13.5 Å². The van der Waals surface area contributed by atoms with Crippen molar-refractivity contribution in [2.24, 2.45) is 0 Å². The van der Waals surface area contributed by atoms with E-state index in [1.165, 1.54) is 28.5 Å². The van der Waals surface area contributed by atoms with Gasteiger partial charge in [-0.2, -0.15) is 40.3 Å². The van der Waals surface area contributed by atoms with Gasteiger partial charge in [0.15, 0.2) is 17.5 Å². The van der Waals surface area contributed by atoms with Crippen molar-refractivity contribution in [3.8, 4) is 0 Å². The van der Waals surface area contributed by atoms with Crippen LogP contribution in [0.4, 0.5) is 4.39 Å². The summed E-state index contributed by atoms with van der Waals surface area (Å²) in [5.74, 6) is 7.11. The number of oxazole rings is 1. The van der Waals surface area contributed by atoms with Crippen molar-refractivity contribution < 1.29 is 17.9 Å². The highest BCUT2D eigenvalue weighted by molar-refractivity contribution is 5.19. The summed E-state index contributed by atoms with van der Waals surface area (Å²) in [6.45, 7) is 46.8. The molecule has 18 heteroatoms. The third-order valence-corrected chi connectivity index (χ3v) is 11.5. The summed E-state index contributed by atoms with van der Waals surface area (Å²) in [6, 6.07) is 19.1. The van der Waals surface area contributed by atoms with Crippen molar-refractivity contribution in [2.45, 2.75) is 220 Å². The van der Waals surface area contributed by atoms with Gasteiger partial charge >= 0.3 is 0 Å². The number of aryl methyl sites for hydroxylation is 9. The average Bonchev–Trinajstić information content (AvgIpc) is 4.31. The Morgan fingerprint density at radius 2 is 1.20 bits per heavy atom. The number of halogens is 1. The Kier molecular flexibility index (Phi) is 32.3. The molecule has 0 saturated carbocycles. The number of hydrogen-bond donors (Lipinski definition) is 0. The van der Waals surface area contributed by atoms with E-state index in [1.807, 2.05) is 119 Å². The molecule has 9 rings (SSSR count). The van der Waals surface area contributed by atoms with Crippen LogP contribution >= 0.6 is 0 Å². The molecule has 0 amide bonds. The average molecular weight is 1120 g/mol. The first-order valence-corrected chi connectivity index (χ1v) is 28.7. The number of hydrogen-bond acceptors (Lipinski definition) is 13. The second kappa shape index (κ2) is 37.5. The zero-order chi connectivity index (χ0) is 60.6. The van der Waals surface area contributed by atoms with Gasteiger partial charge in [-0.05, 0) is 100 Å². The third-order valence-electron chi connectivity index (χ3n) is 11.5. The van der Waals surface area contributed by atoms with Crippen molar-refractivity contribution in [3.05, 3.63) is 178 Å². The Hall–Kier alpha value is -7.37. The van der Waals surface area contributed by atoms with E-state index in [1.54, 1.807) is 29.3 Å². The van der Waals surface area contributed by atoms with Crippen LogP contribution in [0.1, 0.15) is 227 Å². The summed E-state index contributed by atoms with van der Waals surface area (Å²) in [6.07, 6.45) is 13.5. The molecule has 0 radical (unpaired) electrons. The first-order valence-electron chi connectivity index (χ1n) is 28.7. The van der Waals surface area contributed by atoms with Crippen molar-refractivity contribution in [1.82, 2.24) is 69.6 Å². The maximum Gasteiger partial charge on any atom is 0.229 e. The molecule has 0 bridgehead atoms. The number of benzene rings is 2. The van der Waals surface area contributed by atoms with Crippen LogP contribution in [0.25, 0.3) is 0 Å². The predicted octanol–water partition coefficient (Wildman–Crippen LogP) is 15.9. The Balaban J connectivity index is 0.000000317. The molecule has 0 spiro atoms. The monoisotopic (exact) mass is 1120 g/mol. The van der Waals surface area contributed by atoms with Crippen LogP contribution in [0.2, 0.25) is 0 Å². The fourth-order valence-corrected chi connectivity index (χ4v) is 6.76. The standard InChI is InChI=1S/C11H12N2.C9H11F.C9H16N2.C8H14N2O.C7H12N2O.C7H12N2.C7H11NO.C5H9N3/c1-10-7-12-13(8-10)9-11-5-3-2-4-6-11;1-7(2)8-4-3-5-9(10)6-8;1-4-5-11-7-9(6-10-11)8(2)3;1-5(2)7-9-8(6(3)4)11-10-7;1-4-6-8-7(5(2)3)10-9-6;1-4-9-7(3)5-6(2)8-9;1-5(2)7-4-8-6(3)9-7;1-3-8-6-4-5(2)7-8/h2-8H,9H2,1H3;3-7H,1-2H3;6-8H,4-5H2,1-3H3;5-6H,1-4H3;5H,4H2,1-3H3;5H,4H2,1-3H3;4-5H,1-3H3;4H,3H2,1-2H3. The van der Waals surface area contributed by atoms with Crippen LogP contribution in [-0.4, -0.2) is 69.6 Å². The summed E-state index contributed by atoms with van der Waals surface area (Å²) >= 11 is 0. The second-order valence-corrected chi connectivity index (χ2v) is 21.3. The van der Waals surface area contributed by atoms with E-state index in [0.29, 0.717) is 35.5 Å². The highest BCUT2D eigenvalue weighted by Crippen LogP contribution is 2.17. The number of nitrogens with zero attached hydrogens (tertiary/aromatic N) is 14. The van der Waals surface area contributed by atoms with Crippen molar-refractivity contribution in [2.75, 3.05) is 0 Å². The first-order chi connectivity index (χ1) is 38.4. The first kappa shape index (κ1) is 69.7. The van der Waals surface area contributed by atoms with Gasteiger partial charge in [0.1, 0.15) is 11.6 Å². The molecule has 9 aromatic rings. The van der Waals surface area contributed by atoms with E-state index in [0.717, 1.165) is 91.1 Å². The molecule has 0 aliphatic heterocycles. The van der Waals surface area contributed by atoms with Crippen LogP contribution in [0.3, 0.4) is 0 Å². The van der Waals surface area contributed by atoms with Gasteiger partial charge in [0.05, 0.1) is 49.3 Å². The van der Waals surface area contributed by atoms with E-state index < -0.39 is 0 Å². The minimum absolute atomic E-state index is 0.147. The lowest BCUT2D eigenvalue weighted by atomic mass is 10.0. The van der Waals surface area contributed by atoms with Gasteiger partial charge in [0, 0.05) is 68.2 Å². The summed E-state index contributed by atoms with van der Waals surface area (Å²) < 4.78 is 33.7. The van der Waals surface area contributed by atoms with Crippen molar-refractivity contribution in [3.63, 3.8) is 0 Å². The van der Waals surface area contributed by atoms with Gasteiger partial charge in [-0.25, -0.2) is 9.37 Å². The van der Waals surface area contributed by atoms with Gasteiger partial charge in [-0.15, -0.1) is 0 Å². The van der Waals surface area contributed by atoms with Crippen LogP contribution in [0.5, 0.6) is 0 Å². The fourth-order valence-electron chi connectivity index (χ4n) is 6.76. The van der Waals surface area contributed by atoms with E-state index in [2.05, 4.69) is 158 Å². The maximum absolute atomic E-state index is 12.5. The Labute approximate surface area is 483 Å². The maximum atomic E-state index is 12.5. The largest absolute Gasteiger partial charge is 0.446 e. The molecule has 0 saturated heterocycles. The smallest absolute Gasteiger partial charge is 0.229 e. The highest BCUT2D eigenvalue weighted by atomic mass is 19.1. The molecule has 444 valence electrons. The zero-order valence-electron chi connectivity index (χ0n) is 52.8. The molecule has 0 unspecified atom stereocenters. The summed E-state index contributed by atoms with van der Waals surface area (Å²) in [5.41, 5.74) is 8.20. The van der Waals surface area contributed by atoms with Crippen LogP contribution in [0.15, 0.2) is 111 Å². The van der Waals surface area contributed by atoms with Crippen molar-refractivity contribution >= 4 is 0 Å². The summed E-state index contributed by atoms with van der Waals surface area (Å²) in [5, 5.41) is 28.3. The zero-order valence-corrected chi connectivity index (χ0v) is 52.8. The Bertz CT molecular complexity index is 2980. The molecule has 81 heavy (non-hydrogen) atoms. The number of rotatable bonds is 13. The normalized spacial score (nSPS) is 10.6. The molecule has 0 aliphatic carbocycles. The van der Waals surface area contributed by atoms with E-state index in [4.69, 9.17) is 13.5 Å². The molecule has 0 aliphatic rings. The minimum atomic E-state index is -0.147. The molecule has 2 aromatic carbocycles. The minimum Gasteiger partial charge on any atom is -0.446 e. The SMILES string of the molecule is CC(C)c1cccc(F)c1.CC(C)c1noc(C(C)C)n1.CCCn1cc(C(C)C)cn1.CCc1noc(C(C)C)n1.CCn1nc(C)cc1C.CCn1ncc(C)n1.Cc1cnn(Cc2ccccc2)c1.Cc1ncc(C(C)C)o1. The lowest BCUT2D eigenvalue weighted by molar-refractivity contribution is 0.359. The Morgan fingerprint density at radius 1 is 0.556 bits per heavy atom. The van der Waals surface area contributed by atoms with E-state index >= 15 is 0 Å². The lowest BCUT2D eigenvalue weighted by Crippen LogP contribution is -1.98. The second-order valence-electron chi connectivity index (χ2n) is 21.3. The van der Waals surface area contributed by atoms with Gasteiger partial charge in [-0.1, -0.05) is 150 Å². The molecule has 0 N–H and O–H groups in total. The molecular weight excluding hydrogens is 1020 g/mol.